The molecule has 0 radical (unpaired) electrons. The van der Waals surface area contributed by atoms with Gasteiger partial charge in [-0.25, -0.2) is 0 Å². The number of hydrogen-bond acceptors (Lipinski definition) is 3. The Morgan fingerprint density at radius 3 is 2.19 bits per heavy atom. The lowest BCUT2D eigenvalue weighted by Gasteiger charge is -2.30. The van der Waals surface area contributed by atoms with Crippen molar-refractivity contribution < 1.29 is 9.47 Å². The Labute approximate surface area is 101 Å². The Bertz CT molecular complexity index is 173. The van der Waals surface area contributed by atoms with Crippen molar-refractivity contribution in [3.63, 3.8) is 0 Å². The summed E-state index contributed by atoms with van der Waals surface area (Å²) in [5.41, 5.74) is 0. The monoisotopic (exact) mass is 231 g/mol. The van der Waals surface area contributed by atoms with Crippen LogP contribution in [0.1, 0.15) is 41.0 Å². The van der Waals surface area contributed by atoms with Crippen molar-refractivity contribution in [1.29, 1.82) is 0 Å². The summed E-state index contributed by atoms with van der Waals surface area (Å²) in [5.74, 6) is 0. The van der Waals surface area contributed by atoms with Crippen LogP contribution in [0, 0.1) is 0 Å². The number of likely N-dealkylation sites (N-methyl/N-ethyl adjacent to an activating group) is 1. The van der Waals surface area contributed by atoms with Crippen molar-refractivity contribution in [3.05, 3.63) is 0 Å². The predicted octanol–water partition coefficient (Wildman–Crippen LogP) is 2.55. The second-order valence-electron chi connectivity index (χ2n) is 4.42. The summed E-state index contributed by atoms with van der Waals surface area (Å²) in [6.45, 7) is 11.4. The van der Waals surface area contributed by atoms with Crippen molar-refractivity contribution in [2.24, 2.45) is 0 Å². The summed E-state index contributed by atoms with van der Waals surface area (Å²) >= 11 is 0. The van der Waals surface area contributed by atoms with Crippen LogP contribution in [0.3, 0.4) is 0 Å². The molecule has 0 amide bonds. The molecule has 0 saturated carbocycles. The third-order valence-electron chi connectivity index (χ3n) is 2.96. The molecular formula is C13H29NO2. The topological polar surface area (TPSA) is 21.7 Å². The van der Waals surface area contributed by atoms with Gasteiger partial charge in [0.25, 0.3) is 0 Å². The number of nitrogens with zero attached hydrogens (tertiary/aromatic N) is 1. The molecule has 3 nitrogen and oxygen atoms in total. The van der Waals surface area contributed by atoms with Crippen LogP contribution in [-0.2, 0) is 9.47 Å². The highest BCUT2D eigenvalue weighted by Crippen LogP contribution is 2.24. The first-order valence-corrected chi connectivity index (χ1v) is 6.44. The van der Waals surface area contributed by atoms with Crippen molar-refractivity contribution in [2.75, 3.05) is 20.7 Å². The minimum Gasteiger partial charge on any atom is -0.380 e. The van der Waals surface area contributed by atoms with E-state index in [0.717, 1.165) is 13.0 Å². The molecule has 0 spiro atoms. The van der Waals surface area contributed by atoms with Gasteiger partial charge in [-0.05, 0) is 34.2 Å². The third-order valence-corrected chi connectivity index (χ3v) is 2.96. The molecule has 16 heavy (non-hydrogen) atoms. The molecule has 98 valence electrons. The van der Waals surface area contributed by atoms with Crippen LogP contribution in [0.25, 0.3) is 0 Å². The fourth-order valence-corrected chi connectivity index (χ4v) is 2.23. The van der Waals surface area contributed by atoms with Crippen molar-refractivity contribution >= 4 is 0 Å². The number of likely N-dealkylation sites (tertiary alicyclic amines) is 1. The molecule has 1 aliphatic rings. The zero-order valence-corrected chi connectivity index (χ0v) is 12.0. The molecule has 1 fully saturated rings. The molecule has 0 aromatic heterocycles. The van der Waals surface area contributed by atoms with Gasteiger partial charge in [-0.3, -0.25) is 4.90 Å². The maximum atomic E-state index is 5.90. The highest BCUT2D eigenvalue weighted by Gasteiger charge is 2.36. The van der Waals surface area contributed by atoms with Gasteiger partial charge in [-0.15, -0.1) is 0 Å². The van der Waals surface area contributed by atoms with Crippen LogP contribution >= 0.6 is 0 Å². The summed E-state index contributed by atoms with van der Waals surface area (Å²) in [4.78, 5) is 2.33. The van der Waals surface area contributed by atoms with Gasteiger partial charge in [-0.1, -0.05) is 13.8 Å². The van der Waals surface area contributed by atoms with Gasteiger partial charge in [0, 0.05) is 13.7 Å². The van der Waals surface area contributed by atoms with Gasteiger partial charge < -0.3 is 9.47 Å². The molecule has 1 saturated heterocycles. The van der Waals surface area contributed by atoms with Gasteiger partial charge in [0.15, 0.2) is 0 Å². The summed E-state index contributed by atoms with van der Waals surface area (Å²) in [5, 5.41) is 0. The SMILES string of the molecule is CC.CO[C@@H](C)[C@@H]1[C@@H](OC(C)C)CCN1C. The number of ether oxygens (including phenoxy) is 2. The molecule has 3 atom stereocenters. The van der Waals surface area contributed by atoms with E-state index >= 15 is 0 Å². The summed E-state index contributed by atoms with van der Waals surface area (Å²) < 4.78 is 11.3. The van der Waals surface area contributed by atoms with E-state index < -0.39 is 0 Å². The Kier molecular flexibility index (Phi) is 7.98. The Morgan fingerprint density at radius 2 is 1.75 bits per heavy atom. The molecule has 0 N–H and O–H groups in total. The zero-order chi connectivity index (χ0) is 12.7. The first kappa shape index (κ1) is 15.9. The first-order chi connectivity index (χ1) is 7.56. The maximum absolute atomic E-state index is 5.90. The Balaban J connectivity index is 0.00000106. The average molecular weight is 231 g/mol. The van der Waals surface area contributed by atoms with Crippen LogP contribution in [0.2, 0.25) is 0 Å². The highest BCUT2D eigenvalue weighted by molar-refractivity contribution is 4.90. The third kappa shape index (κ3) is 4.40. The number of methoxy groups -OCH3 is 1. The molecule has 0 bridgehead atoms. The largest absolute Gasteiger partial charge is 0.380 e. The normalized spacial score (nSPS) is 27.8. The zero-order valence-electron chi connectivity index (χ0n) is 12.0. The molecule has 1 rings (SSSR count). The van der Waals surface area contributed by atoms with Gasteiger partial charge in [0.1, 0.15) is 0 Å². The standard InChI is InChI=1S/C11H23NO2.C2H6/c1-8(2)14-10-6-7-12(4)11(10)9(3)13-5;1-2/h8-11H,6-7H2,1-5H3;1-2H3/t9-,10-,11+;/m0./s1. The number of hydrogen-bond donors (Lipinski definition) is 0. The van der Waals surface area contributed by atoms with E-state index in [1.165, 1.54) is 0 Å². The van der Waals surface area contributed by atoms with Crippen molar-refractivity contribution in [2.45, 2.75) is 65.4 Å². The summed E-state index contributed by atoms with van der Waals surface area (Å²) in [6.07, 6.45) is 1.99. The van der Waals surface area contributed by atoms with Crippen LogP contribution in [0.4, 0.5) is 0 Å². The lowest BCUT2D eigenvalue weighted by molar-refractivity contribution is -0.0513. The summed E-state index contributed by atoms with van der Waals surface area (Å²) in [7, 11) is 3.91. The maximum Gasteiger partial charge on any atom is 0.0771 e. The van der Waals surface area contributed by atoms with E-state index in [1.807, 2.05) is 13.8 Å². The van der Waals surface area contributed by atoms with Crippen LogP contribution in [-0.4, -0.2) is 50.0 Å². The molecule has 1 aliphatic heterocycles. The lowest BCUT2D eigenvalue weighted by Crippen LogP contribution is -2.43. The van der Waals surface area contributed by atoms with Crippen LogP contribution in [0.15, 0.2) is 0 Å². The first-order valence-electron chi connectivity index (χ1n) is 6.44. The molecular weight excluding hydrogens is 202 g/mol. The second-order valence-corrected chi connectivity index (χ2v) is 4.42. The molecule has 1 heterocycles. The van der Waals surface area contributed by atoms with E-state index in [4.69, 9.17) is 9.47 Å². The fraction of sp³-hybridized carbons (Fsp3) is 1.00. The average Bonchev–Trinajstić information content (AvgIpc) is 2.61. The molecule has 0 unspecified atom stereocenters. The van der Waals surface area contributed by atoms with E-state index in [1.54, 1.807) is 7.11 Å². The molecule has 0 aliphatic carbocycles. The minimum atomic E-state index is 0.242. The van der Waals surface area contributed by atoms with E-state index in [9.17, 15) is 0 Å². The van der Waals surface area contributed by atoms with E-state index in [0.29, 0.717) is 18.2 Å². The van der Waals surface area contributed by atoms with Crippen molar-refractivity contribution in [3.8, 4) is 0 Å². The van der Waals surface area contributed by atoms with E-state index in [2.05, 4.69) is 32.7 Å². The fourth-order valence-electron chi connectivity index (χ4n) is 2.23. The second kappa shape index (κ2) is 8.04. The quantitative estimate of drug-likeness (QED) is 0.742. The minimum absolute atomic E-state index is 0.242. The van der Waals surface area contributed by atoms with Crippen LogP contribution in [0.5, 0.6) is 0 Å². The van der Waals surface area contributed by atoms with Gasteiger partial charge >= 0.3 is 0 Å². The highest BCUT2D eigenvalue weighted by atomic mass is 16.5. The lowest BCUT2D eigenvalue weighted by atomic mass is 10.1. The van der Waals surface area contributed by atoms with E-state index in [-0.39, 0.29) is 6.10 Å². The number of rotatable bonds is 4. The van der Waals surface area contributed by atoms with Gasteiger partial charge in [0.2, 0.25) is 0 Å². The molecule has 3 heteroatoms. The Hall–Kier alpha value is -0.120. The van der Waals surface area contributed by atoms with Gasteiger partial charge in [-0.2, -0.15) is 0 Å². The van der Waals surface area contributed by atoms with Crippen LogP contribution < -0.4 is 0 Å². The predicted molar refractivity (Wildman–Crippen MR) is 68.9 cm³/mol. The smallest absolute Gasteiger partial charge is 0.0771 e. The van der Waals surface area contributed by atoms with Gasteiger partial charge in [0.05, 0.1) is 24.4 Å². The summed E-state index contributed by atoms with van der Waals surface area (Å²) in [6, 6.07) is 0.405. The molecule has 0 aromatic carbocycles. The Morgan fingerprint density at radius 1 is 1.19 bits per heavy atom. The van der Waals surface area contributed by atoms with Crippen molar-refractivity contribution in [1.82, 2.24) is 4.90 Å². The molecule has 0 aromatic rings.